The molecule has 1 aromatic rings. The topological polar surface area (TPSA) is 44.8 Å². The van der Waals surface area contributed by atoms with E-state index in [-0.39, 0.29) is 11.1 Å². The number of carbonyl (C=O) groups excluding carboxylic acids is 1. The molecule has 0 N–H and O–H groups in total. The Balaban J connectivity index is 2.58. The normalized spacial score (nSPS) is 13.9. The van der Waals surface area contributed by atoms with Crippen LogP contribution in [0.5, 0.6) is 5.75 Å². The maximum atomic E-state index is 10.4. The van der Waals surface area contributed by atoms with Gasteiger partial charge in [-0.2, -0.15) is 0 Å². The van der Waals surface area contributed by atoms with Crippen LogP contribution in [0.2, 0.25) is 18.1 Å². The fourth-order valence-electron chi connectivity index (χ4n) is 2.36. The van der Waals surface area contributed by atoms with Crippen LogP contribution in [0.3, 0.4) is 0 Å². The number of rotatable bonds is 12. The molecule has 156 valence electrons. The summed E-state index contributed by atoms with van der Waals surface area (Å²) in [5.74, 6) is 0.849. The van der Waals surface area contributed by atoms with Crippen LogP contribution in [-0.2, 0) is 20.6 Å². The molecular formula is C23H36O4Si. The number of methoxy groups -OCH3 is 1. The van der Waals surface area contributed by atoms with E-state index in [1.54, 1.807) is 13.2 Å². The second kappa shape index (κ2) is 12.0. The predicted octanol–water partition coefficient (Wildman–Crippen LogP) is 5.69. The minimum absolute atomic E-state index is 0.109. The van der Waals surface area contributed by atoms with Gasteiger partial charge < -0.3 is 13.9 Å². The summed E-state index contributed by atoms with van der Waals surface area (Å²) in [5, 5.41) is 0.163. The van der Waals surface area contributed by atoms with Gasteiger partial charge in [0.25, 0.3) is 0 Å². The molecule has 0 aromatic heterocycles. The van der Waals surface area contributed by atoms with Crippen molar-refractivity contribution in [2.24, 2.45) is 0 Å². The highest BCUT2D eigenvalue weighted by atomic mass is 28.4. The van der Waals surface area contributed by atoms with Crippen LogP contribution < -0.4 is 4.74 Å². The summed E-state index contributed by atoms with van der Waals surface area (Å²) in [6.07, 6.45) is 9.72. The minimum atomic E-state index is -1.86. The summed E-state index contributed by atoms with van der Waals surface area (Å²) >= 11 is 0. The lowest BCUT2D eigenvalue weighted by Gasteiger charge is -2.39. The summed E-state index contributed by atoms with van der Waals surface area (Å²) in [6, 6.07) is 7.93. The summed E-state index contributed by atoms with van der Waals surface area (Å²) < 4.78 is 17.6. The SMILES string of the molecule is COc1ccc(COCC[C@H](C/C=C\C=C\C=O)O[Si](C)(C)C(C)(C)C)cc1. The van der Waals surface area contributed by atoms with Crippen LogP contribution in [0.15, 0.2) is 48.6 Å². The Kier molecular flexibility index (Phi) is 10.4. The van der Waals surface area contributed by atoms with Crippen LogP contribution in [0.25, 0.3) is 0 Å². The number of hydrogen-bond acceptors (Lipinski definition) is 4. The molecule has 0 aliphatic carbocycles. The summed E-state index contributed by atoms with van der Waals surface area (Å²) in [6.45, 7) is 12.5. The highest BCUT2D eigenvalue weighted by Gasteiger charge is 2.38. The van der Waals surface area contributed by atoms with E-state index in [2.05, 4.69) is 39.9 Å². The van der Waals surface area contributed by atoms with Gasteiger partial charge in [-0.25, -0.2) is 0 Å². The average molecular weight is 405 g/mol. The van der Waals surface area contributed by atoms with Crippen molar-refractivity contribution in [1.82, 2.24) is 0 Å². The largest absolute Gasteiger partial charge is 0.497 e. The van der Waals surface area contributed by atoms with Gasteiger partial charge in [0.15, 0.2) is 8.32 Å². The Bertz CT molecular complexity index is 627. The third-order valence-corrected chi connectivity index (χ3v) is 9.65. The molecule has 0 radical (unpaired) electrons. The number of allylic oxidation sites excluding steroid dienone is 3. The lowest BCUT2D eigenvalue weighted by Crippen LogP contribution is -2.44. The van der Waals surface area contributed by atoms with E-state index >= 15 is 0 Å². The second-order valence-corrected chi connectivity index (χ2v) is 13.1. The maximum absolute atomic E-state index is 10.4. The lowest BCUT2D eigenvalue weighted by atomic mass is 10.2. The molecule has 1 rings (SSSR count). The van der Waals surface area contributed by atoms with Crippen LogP contribution in [0.1, 0.15) is 39.2 Å². The van der Waals surface area contributed by atoms with E-state index in [0.29, 0.717) is 13.2 Å². The van der Waals surface area contributed by atoms with Gasteiger partial charge in [0, 0.05) is 6.61 Å². The molecular weight excluding hydrogens is 368 g/mol. The van der Waals surface area contributed by atoms with Crippen molar-refractivity contribution >= 4 is 14.6 Å². The van der Waals surface area contributed by atoms with Gasteiger partial charge in [0.2, 0.25) is 0 Å². The number of hydrogen-bond donors (Lipinski definition) is 0. The Morgan fingerprint density at radius 2 is 1.75 bits per heavy atom. The predicted molar refractivity (Wildman–Crippen MR) is 118 cm³/mol. The molecule has 0 aliphatic rings. The van der Waals surface area contributed by atoms with E-state index in [1.165, 1.54) is 6.08 Å². The average Bonchev–Trinajstić information content (AvgIpc) is 2.64. The first-order valence-corrected chi connectivity index (χ1v) is 12.8. The fraction of sp³-hybridized carbons (Fsp3) is 0.522. The van der Waals surface area contributed by atoms with E-state index in [1.807, 2.05) is 30.3 Å². The molecule has 0 saturated carbocycles. The zero-order chi connectivity index (χ0) is 21.0. The Labute approximate surface area is 171 Å². The first-order valence-electron chi connectivity index (χ1n) is 9.85. The zero-order valence-electron chi connectivity index (χ0n) is 18.2. The fourth-order valence-corrected chi connectivity index (χ4v) is 3.76. The molecule has 1 atom stereocenters. The Morgan fingerprint density at radius 3 is 2.32 bits per heavy atom. The van der Waals surface area contributed by atoms with Crippen molar-refractivity contribution in [2.75, 3.05) is 13.7 Å². The quantitative estimate of drug-likeness (QED) is 0.147. The summed E-state index contributed by atoms with van der Waals surface area (Å²) in [7, 11) is -0.192. The molecule has 0 bridgehead atoms. The number of benzene rings is 1. The van der Waals surface area contributed by atoms with Crippen molar-refractivity contribution < 1.29 is 18.7 Å². The number of carbonyl (C=O) groups is 1. The van der Waals surface area contributed by atoms with Crippen molar-refractivity contribution in [1.29, 1.82) is 0 Å². The van der Waals surface area contributed by atoms with E-state index in [4.69, 9.17) is 13.9 Å². The smallest absolute Gasteiger partial charge is 0.192 e. The molecule has 4 nitrogen and oxygen atoms in total. The summed E-state index contributed by atoms with van der Waals surface area (Å²) in [4.78, 5) is 10.4. The monoisotopic (exact) mass is 404 g/mol. The molecule has 0 amide bonds. The van der Waals surface area contributed by atoms with Crippen LogP contribution in [0.4, 0.5) is 0 Å². The van der Waals surface area contributed by atoms with Crippen molar-refractivity contribution in [3.05, 3.63) is 54.1 Å². The first kappa shape index (κ1) is 24.3. The van der Waals surface area contributed by atoms with Gasteiger partial charge in [-0.3, -0.25) is 4.79 Å². The van der Waals surface area contributed by atoms with Crippen LogP contribution in [-0.4, -0.2) is 34.4 Å². The lowest BCUT2D eigenvalue weighted by molar-refractivity contribution is -0.104. The van der Waals surface area contributed by atoms with Crippen LogP contribution >= 0.6 is 0 Å². The third kappa shape index (κ3) is 9.00. The van der Waals surface area contributed by atoms with Crippen molar-refractivity contribution in [3.8, 4) is 5.75 Å². The molecule has 28 heavy (non-hydrogen) atoms. The highest BCUT2D eigenvalue weighted by molar-refractivity contribution is 6.74. The van der Waals surface area contributed by atoms with Gasteiger partial charge in [0.1, 0.15) is 12.0 Å². The second-order valence-electron chi connectivity index (χ2n) is 8.37. The van der Waals surface area contributed by atoms with Gasteiger partial charge in [-0.1, -0.05) is 51.1 Å². The van der Waals surface area contributed by atoms with Crippen molar-refractivity contribution in [3.63, 3.8) is 0 Å². The van der Waals surface area contributed by atoms with Crippen LogP contribution in [0, 0.1) is 0 Å². The van der Waals surface area contributed by atoms with Gasteiger partial charge in [-0.15, -0.1) is 0 Å². The molecule has 0 fully saturated rings. The zero-order valence-corrected chi connectivity index (χ0v) is 19.2. The Hall–Kier alpha value is -1.69. The molecule has 0 aliphatic heterocycles. The van der Waals surface area contributed by atoms with E-state index in [0.717, 1.165) is 30.4 Å². The molecule has 5 heteroatoms. The number of aldehydes is 1. The molecule has 0 unspecified atom stereocenters. The van der Waals surface area contributed by atoms with E-state index in [9.17, 15) is 4.79 Å². The minimum Gasteiger partial charge on any atom is -0.497 e. The van der Waals surface area contributed by atoms with E-state index < -0.39 is 8.32 Å². The third-order valence-electron chi connectivity index (χ3n) is 5.12. The summed E-state index contributed by atoms with van der Waals surface area (Å²) in [5.41, 5.74) is 1.13. The molecule has 0 saturated heterocycles. The Morgan fingerprint density at radius 1 is 1.07 bits per heavy atom. The maximum Gasteiger partial charge on any atom is 0.192 e. The molecule has 0 heterocycles. The molecule has 1 aromatic carbocycles. The standard InChI is InChI=1S/C23H36O4Si/c1-23(2,3)28(5,6)27-22(11-9-7-8-10-17-24)16-18-26-19-20-12-14-21(25-4)15-13-20/h7-10,12-15,17,22H,11,16,18-19H2,1-6H3/b9-7-,10-8+/t22-/m0/s1. The van der Waals surface area contributed by atoms with Crippen molar-refractivity contribution in [2.45, 2.75) is 64.5 Å². The van der Waals surface area contributed by atoms with Gasteiger partial charge in [-0.05, 0) is 54.7 Å². The molecule has 0 spiro atoms. The highest BCUT2D eigenvalue weighted by Crippen LogP contribution is 2.38. The number of ether oxygens (including phenoxy) is 2. The van der Waals surface area contributed by atoms with Gasteiger partial charge in [0.05, 0.1) is 19.8 Å². The van der Waals surface area contributed by atoms with Gasteiger partial charge >= 0.3 is 0 Å². The first-order chi connectivity index (χ1) is 13.2.